The van der Waals surface area contributed by atoms with Crippen molar-refractivity contribution in [2.24, 2.45) is 5.16 Å². The zero-order valence-electron chi connectivity index (χ0n) is 10.8. The molecule has 1 aromatic rings. The maximum absolute atomic E-state index is 13.4. The largest absolute Gasteiger partial charge is 0.411 e. The van der Waals surface area contributed by atoms with Crippen LogP contribution < -0.4 is 0 Å². The molecule has 0 aliphatic rings. The average molecular weight is 293 g/mol. The van der Waals surface area contributed by atoms with Gasteiger partial charge in [0, 0.05) is 5.56 Å². The summed E-state index contributed by atoms with van der Waals surface area (Å²) < 4.78 is 47.6. The van der Waals surface area contributed by atoms with E-state index in [1.54, 1.807) is 25.1 Å². The first-order chi connectivity index (χ1) is 9.42. The molecule has 1 rings (SSSR count). The fourth-order valence-corrected chi connectivity index (χ4v) is 1.13. The summed E-state index contributed by atoms with van der Waals surface area (Å²) in [6.45, 7) is 1.71. The number of halogens is 4. The average Bonchev–Trinajstić information content (AvgIpc) is 2.40. The van der Waals surface area contributed by atoms with Crippen molar-refractivity contribution in [2.75, 3.05) is 6.61 Å². The second-order valence-electron chi connectivity index (χ2n) is 3.53. The van der Waals surface area contributed by atoms with Crippen LogP contribution in [0.2, 0.25) is 0 Å². The summed E-state index contributed by atoms with van der Waals surface area (Å²) in [5.41, 5.74) is 0.396. The van der Waals surface area contributed by atoms with Crippen LogP contribution in [0.3, 0.4) is 0 Å². The second-order valence-corrected chi connectivity index (χ2v) is 3.53. The maximum Gasteiger partial charge on any atom is 0.379 e. The van der Waals surface area contributed by atoms with Gasteiger partial charge in [0.1, 0.15) is 11.5 Å². The molecule has 0 heterocycles. The molecule has 1 unspecified atom stereocenters. The quantitative estimate of drug-likeness (QED) is 0.295. The number of rotatable bonds is 5. The molecule has 0 aliphatic carbocycles. The van der Waals surface area contributed by atoms with E-state index in [9.17, 15) is 17.6 Å². The summed E-state index contributed by atoms with van der Waals surface area (Å²) in [7, 11) is 0. The van der Waals surface area contributed by atoms with Gasteiger partial charge in [0.05, 0.1) is 12.7 Å². The fraction of sp³-hybridized carbons (Fsp3) is 0.308. The Labute approximate surface area is 114 Å². The highest BCUT2D eigenvalue weighted by Crippen LogP contribution is 2.09. The zero-order chi connectivity index (χ0) is 15.5. The van der Waals surface area contributed by atoms with Crippen molar-refractivity contribution >= 4 is 5.71 Å². The lowest BCUT2D eigenvalue weighted by molar-refractivity contribution is 0.00819. The minimum absolute atomic E-state index is 0.0324. The molecule has 7 heteroatoms. The van der Waals surface area contributed by atoms with Gasteiger partial charge in [-0.15, -0.1) is 6.58 Å². The third-order valence-electron chi connectivity index (χ3n) is 2.12. The van der Waals surface area contributed by atoms with E-state index in [-0.39, 0.29) is 24.0 Å². The molecule has 0 aromatic heterocycles. The van der Waals surface area contributed by atoms with Crippen LogP contribution >= 0.6 is 0 Å². The normalized spacial score (nSPS) is 12.6. The molecule has 0 saturated carbocycles. The molecular weight excluding hydrogens is 278 g/mol. The Morgan fingerprint density at radius 3 is 2.40 bits per heavy atom. The van der Waals surface area contributed by atoms with Gasteiger partial charge in [-0.25, -0.2) is 4.39 Å². The molecule has 0 radical (unpaired) electrons. The summed E-state index contributed by atoms with van der Waals surface area (Å²) in [6.07, 6.45) is 1.43. The number of benzene rings is 1. The van der Waals surface area contributed by atoms with Crippen molar-refractivity contribution in [1.82, 2.24) is 0 Å². The highest BCUT2D eigenvalue weighted by atomic mass is 19.4. The van der Waals surface area contributed by atoms with Crippen LogP contribution in [0.25, 0.3) is 0 Å². The first-order valence-electron chi connectivity index (χ1n) is 5.54. The lowest BCUT2D eigenvalue weighted by Gasteiger charge is -2.10. The van der Waals surface area contributed by atoms with Gasteiger partial charge < -0.3 is 9.94 Å². The summed E-state index contributed by atoms with van der Waals surface area (Å²) in [5.74, 6) is -0.440. The van der Waals surface area contributed by atoms with Crippen LogP contribution in [0.5, 0.6) is 0 Å². The fourth-order valence-electron chi connectivity index (χ4n) is 1.13. The van der Waals surface area contributed by atoms with Crippen molar-refractivity contribution in [2.45, 2.75) is 19.7 Å². The second kappa shape index (κ2) is 9.96. The van der Waals surface area contributed by atoms with E-state index >= 15 is 0 Å². The molecule has 3 nitrogen and oxygen atoms in total. The number of hydrogen-bond donors (Lipinski definition) is 1. The third-order valence-corrected chi connectivity index (χ3v) is 2.12. The SMILES string of the molecule is C=CC(C)OC/C(=N/O)c1ccccc1F.FC(F)F. The number of oxime groups is 1. The lowest BCUT2D eigenvalue weighted by Crippen LogP contribution is -2.16. The number of ether oxygens (including phenoxy) is 1. The molecule has 0 amide bonds. The summed E-state index contributed by atoms with van der Waals surface area (Å²) in [5, 5.41) is 11.8. The van der Waals surface area contributed by atoms with Crippen molar-refractivity contribution in [3.63, 3.8) is 0 Å². The van der Waals surface area contributed by atoms with Crippen LogP contribution in [0.4, 0.5) is 17.6 Å². The Hall–Kier alpha value is -1.89. The first kappa shape index (κ1) is 18.1. The van der Waals surface area contributed by atoms with Crippen LogP contribution in [-0.4, -0.2) is 30.3 Å². The highest BCUT2D eigenvalue weighted by molar-refractivity contribution is 6.01. The minimum atomic E-state index is -3.67. The summed E-state index contributed by atoms with van der Waals surface area (Å²) in [6, 6.07) is 6.07. The molecule has 0 bridgehead atoms. The topological polar surface area (TPSA) is 41.8 Å². The Morgan fingerprint density at radius 1 is 1.40 bits per heavy atom. The van der Waals surface area contributed by atoms with Crippen LogP contribution in [-0.2, 0) is 4.74 Å². The minimum Gasteiger partial charge on any atom is -0.411 e. The molecule has 20 heavy (non-hydrogen) atoms. The summed E-state index contributed by atoms with van der Waals surface area (Å²) >= 11 is 0. The van der Waals surface area contributed by atoms with Crippen LogP contribution in [0.15, 0.2) is 42.1 Å². The van der Waals surface area contributed by atoms with E-state index in [0.717, 1.165) is 0 Å². The number of alkyl halides is 3. The highest BCUT2D eigenvalue weighted by Gasteiger charge is 2.10. The van der Waals surface area contributed by atoms with Gasteiger partial charge in [-0.1, -0.05) is 23.4 Å². The molecule has 0 saturated heterocycles. The van der Waals surface area contributed by atoms with Gasteiger partial charge in [-0.3, -0.25) is 0 Å². The molecule has 0 spiro atoms. The van der Waals surface area contributed by atoms with Crippen LogP contribution in [0, 0.1) is 5.82 Å². The van der Waals surface area contributed by atoms with E-state index in [1.807, 2.05) is 0 Å². The van der Waals surface area contributed by atoms with E-state index < -0.39 is 12.5 Å². The van der Waals surface area contributed by atoms with E-state index in [2.05, 4.69) is 11.7 Å². The molecular formula is C13H15F4NO2. The standard InChI is InChI=1S/C12H14FNO2.CHF3/c1-3-9(2)16-8-12(14-15)10-6-4-5-7-11(10)13;2-1(3)4/h3-7,9,15H,1,8H2,2H3;1H/b14-12-;. The first-order valence-corrected chi connectivity index (χ1v) is 5.54. The molecule has 1 aromatic carbocycles. The molecule has 0 aliphatic heterocycles. The molecule has 112 valence electrons. The van der Waals surface area contributed by atoms with Crippen molar-refractivity contribution < 1.29 is 27.5 Å². The van der Waals surface area contributed by atoms with E-state index in [4.69, 9.17) is 9.94 Å². The van der Waals surface area contributed by atoms with Gasteiger partial charge in [0.25, 0.3) is 0 Å². The van der Waals surface area contributed by atoms with Crippen molar-refractivity contribution in [1.29, 1.82) is 0 Å². The van der Waals surface area contributed by atoms with Crippen molar-refractivity contribution in [3.8, 4) is 0 Å². The predicted molar refractivity (Wildman–Crippen MR) is 67.4 cm³/mol. The van der Waals surface area contributed by atoms with E-state index in [1.165, 1.54) is 12.1 Å². The lowest BCUT2D eigenvalue weighted by atomic mass is 10.1. The van der Waals surface area contributed by atoms with Gasteiger partial charge >= 0.3 is 6.68 Å². The smallest absolute Gasteiger partial charge is 0.379 e. The Balaban J connectivity index is 0.000000796. The molecule has 1 N–H and O–H groups in total. The van der Waals surface area contributed by atoms with Gasteiger partial charge in [0.15, 0.2) is 0 Å². The Bertz CT molecular complexity index is 435. The maximum atomic E-state index is 13.4. The van der Waals surface area contributed by atoms with Gasteiger partial charge in [0.2, 0.25) is 0 Å². The number of hydrogen-bond acceptors (Lipinski definition) is 3. The zero-order valence-corrected chi connectivity index (χ0v) is 10.8. The van der Waals surface area contributed by atoms with Gasteiger partial charge in [-0.05, 0) is 19.1 Å². The number of nitrogens with zero attached hydrogens (tertiary/aromatic N) is 1. The Kier molecular flexibility index (Phi) is 9.02. The third kappa shape index (κ3) is 7.52. The molecule has 1 atom stereocenters. The monoisotopic (exact) mass is 293 g/mol. The van der Waals surface area contributed by atoms with Gasteiger partial charge in [-0.2, -0.15) is 13.2 Å². The van der Waals surface area contributed by atoms with Crippen LogP contribution in [0.1, 0.15) is 12.5 Å². The predicted octanol–water partition coefficient (Wildman–Crippen LogP) is 3.77. The van der Waals surface area contributed by atoms with E-state index in [0.29, 0.717) is 0 Å². The molecule has 0 fully saturated rings. The Morgan fingerprint density at radius 2 is 1.95 bits per heavy atom. The summed E-state index contributed by atoms with van der Waals surface area (Å²) in [4.78, 5) is 0. The van der Waals surface area contributed by atoms with Crippen molar-refractivity contribution in [3.05, 3.63) is 48.3 Å².